The molecule has 160 valence electrons. The lowest BCUT2D eigenvalue weighted by Gasteiger charge is -2.19. The van der Waals surface area contributed by atoms with Gasteiger partial charge in [0.15, 0.2) is 0 Å². The van der Waals surface area contributed by atoms with Crippen LogP contribution >= 0.6 is 11.8 Å². The first-order chi connectivity index (χ1) is 14.3. The van der Waals surface area contributed by atoms with Gasteiger partial charge in [-0.15, -0.1) is 0 Å². The average Bonchev–Trinajstić information content (AvgIpc) is 3.11. The zero-order valence-electron chi connectivity index (χ0n) is 17.0. The van der Waals surface area contributed by atoms with Gasteiger partial charge in [-0.2, -0.15) is 13.2 Å². The fourth-order valence-electron chi connectivity index (χ4n) is 4.00. The Morgan fingerprint density at radius 2 is 1.77 bits per heavy atom. The average molecular weight is 435 g/mol. The van der Waals surface area contributed by atoms with E-state index in [9.17, 15) is 13.2 Å². The van der Waals surface area contributed by atoms with E-state index in [1.54, 1.807) is 12.1 Å². The summed E-state index contributed by atoms with van der Waals surface area (Å²) < 4.78 is 37.6. The summed E-state index contributed by atoms with van der Waals surface area (Å²) in [5.41, 5.74) is 0.191. The number of hydrogen-bond donors (Lipinski definition) is 2. The van der Waals surface area contributed by atoms with Crippen molar-refractivity contribution in [3.8, 4) is 0 Å². The highest BCUT2D eigenvalue weighted by atomic mass is 32.2. The molecule has 30 heavy (non-hydrogen) atoms. The summed E-state index contributed by atoms with van der Waals surface area (Å²) in [4.78, 5) is 10.5. The topological polar surface area (TPSA) is 44.0 Å². The molecule has 0 unspecified atom stereocenters. The third-order valence-electron chi connectivity index (χ3n) is 5.46. The molecule has 0 atom stereocenters. The molecule has 1 saturated carbocycles. The summed E-state index contributed by atoms with van der Waals surface area (Å²) >= 11 is -0.108. The lowest BCUT2D eigenvalue weighted by molar-refractivity contribution is -0.0328. The van der Waals surface area contributed by atoms with Crippen LogP contribution in [0.5, 0.6) is 0 Å². The standard InChI is InChI=1S/C22H25F3N4S/c1-29(2)20-13-18-17(27-21(28-18)14-6-4-3-5-7-14)12-19(20)26-15-8-10-16(11-9-15)30-22(23,24)25/h8-14,26H,3-7H2,1-2H3,(H,27,28). The maximum absolute atomic E-state index is 12.5. The number of aromatic amines is 1. The molecule has 4 nitrogen and oxygen atoms in total. The summed E-state index contributed by atoms with van der Waals surface area (Å²) in [6, 6.07) is 10.4. The van der Waals surface area contributed by atoms with Crippen LogP contribution in [-0.4, -0.2) is 29.6 Å². The summed E-state index contributed by atoms with van der Waals surface area (Å²) in [5.74, 6) is 1.55. The van der Waals surface area contributed by atoms with E-state index in [2.05, 4.69) is 16.4 Å². The monoisotopic (exact) mass is 434 g/mol. The maximum Gasteiger partial charge on any atom is 0.446 e. The molecule has 1 aliphatic rings. The second kappa shape index (κ2) is 8.41. The number of imidazole rings is 1. The molecule has 4 rings (SSSR count). The van der Waals surface area contributed by atoms with Gasteiger partial charge in [0.2, 0.25) is 0 Å². The molecule has 0 spiro atoms. The van der Waals surface area contributed by atoms with Crippen molar-refractivity contribution in [2.75, 3.05) is 24.3 Å². The molecule has 3 aromatic rings. The van der Waals surface area contributed by atoms with Gasteiger partial charge < -0.3 is 15.2 Å². The van der Waals surface area contributed by atoms with Crippen LogP contribution in [0.2, 0.25) is 0 Å². The van der Waals surface area contributed by atoms with Gasteiger partial charge in [0.1, 0.15) is 5.82 Å². The Balaban J connectivity index is 1.61. The molecular weight excluding hydrogens is 409 g/mol. The third kappa shape index (κ3) is 4.86. The maximum atomic E-state index is 12.5. The molecule has 2 N–H and O–H groups in total. The molecule has 1 aliphatic carbocycles. The lowest BCUT2D eigenvalue weighted by Crippen LogP contribution is -2.11. The van der Waals surface area contributed by atoms with Gasteiger partial charge in [-0.05, 0) is 61.0 Å². The number of rotatable bonds is 5. The molecule has 2 aromatic carbocycles. The van der Waals surface area contributed by atoms with Crippen LogP contribution in [0.15, 0.2) is 41.3 Å². The largest absolute Gasteiger partial charge is 0.446 e. The Morgan fingerprint density at radius 3 is 2.40 bits per heavy atom. The molecule has 1 heterocycles. The van der Waals surface area contributed by atoms with Crippen LogP contribution in [0.25, 0.3) is 11.0 Å². The van der Waals surface area contributed by atoms with E-state index in [-0.39, 0.29) is 16.7 Å². The van der Waals surface area contributed by atoms with E-state index in [4.69, 9.17) is 4.98 Å². The second-order valence-corrected chi connectivity index (χ2v) is 9.07. The first kappa shape index (κ1) is 20.9. The molecule has 0 amide bonds. The van der Waals surface area contributed by atoms with E-state index in [0.717, 1.165) is 33.9 Å². The van der Waals surface area contributed by atoms with Crippen LogP contribution < -0.4 is 10.2 Å². The summed E-state index contributed by atoms with van der Waals surface area (Å²) in [6.07, 6.45) is 6.15. The van der Waals surface area contributed by atoms with Gasteiger partial charge in [0, 0.05) is 30.6 Å². The zero-order valence-corrected chi connectivity index (χ0v) is 17.8. The summed E-state index contributed by atoms with van der Waals surface area (Å²) in [5, 5.41) is 3.34. The minimum absolute atomic E-state index is 0.108. The molecule has 0 bridgehead atoms. The molecule has 0 saturated heterocycles. The zero-order chi connectivity index (χ0) is 21.3. The third-order valence-corrected chi connectivity index (χ3v) is 6.20. The number of alkyl halides is 3. The summed E-state index contributed by atoms with van der Waals surface area (Å²) in [6.45, 7) is 0. The van der Waals surface area contributed by atoms with Crippen molar-refractivity contribution in [3.05, 3.63) is 42.2 Å². The number of anilines is 3. The quantitative estimate of drug-likeness (QED) is 0.423. The van der Waals surface area contributed by atoms with Gasteiger partial charge >= 0.3 is 5.51 Å². The Labute approximate surface area is 178 Å². The number of thioether (sulfide) groups is 1. The highest BCUT2D eigenvalue weighted by molar-refractivity contribution is 8.00. The number of nitrogens with zero attached hydrogens (tertiary/aromatic N) is 2. The van der Waals surface area contributed by atoms with E-state index in [1.807, 2.05) is 25.1 Å². The minimum atomic E-state index is -4.28. The first-order valence-corrected chi connectivity index (χ1v) is 10.9. The number of fused-ring (bicyclic) bond motifs is 1. The van der Waals surface area contributed by atoms with E-state index < -0.39 is 5.51 Å². The number of benzene rings is 2. The Kier molecular flexibility index (Phi) is 5.86. The molecule has 1 aromatic heterocycles. The Hall–Kier alpha value is -2.35. The van der Waals surface area contributed by atoms with Crippen molar-refractivity contribution in [3.63, 3.8) is 0 Å². The van der Waals surface area contributed by atoms with Crippen LogP contribution in [0.1, 0.15) is 43.8 Å². The number of aromatic nitrogens is 2. The van der Waals surface area contributed by atoms with E-state index in [1.165, 1.54) is 44.2 Å². The van der Waals surface area contributed by atoms with Crippen molar-refractivity contribution >= 4 is 39.9 Å². The summed E-state index contributed by atoms with van der Waals surface area (Å²) in [7, 11) is 3.93. The van der Waals surface area contributed by atoms with Crippen molar-refractivity contribution in [2.24, 2.45) is 0 Å². The van der Waals surface area contributed by atoms with Crippen molar-refractivity contribution in [1.29, 1.82) is 0 Å². The van der Waals surface area contributed by atoms with Crippen molar-refractivity contribution < 1.29 is 13.2 Å². The Morgan fingerprint density at radius 1 is 1.07 bits per heavy atom. The van der Waals surface area contributed by atoms with Gasteiger partial charge in [0.05, 0.1) is 22.4 Å². The predicted octanol–water partition coefficient (Wildman–Crippen LogP) is 7.03. The molecule has 0 radical (unpaired) electrons. The van der Waals surface area contributed by atoms with Crippen molar-refractivity contribution in [1.82, 2.24) is 9.97 Å². The van der Waals surface area contributed by atoms with E-state index >= 15 is 0 Å². The molecule has 1 fully saturated rings. The second-order valence-electron chi connectivity index (χ2n) is 7.94. The highest BCUT2D eigenvalue weighted by Crippen LogP contribution is 2.38. The van der Waals surface area contributed by atoms with Crippen LogP contribution in [0.4, 0.5) is 30.2 Å². The number of nitrogens with one attached hydrogen (secondary N) is 2. The predicted molar refractivity (Wildman–Crippen MR) is 118 cm³/mol. The van der Waals surface area contributed by atoms with Crippen LogP contribution in [-0.2, 0) is 0 Å². The van der Waals surface area contributed by atoms with Gasteiger partial charge in [-0.25, -0.2) is 4.98 Å². The normalized spacial score (nSPS) is 15.5. The van der Waals surface area contributed by atoms with Gasteiger partial charge in [-0.3, -0.25) is 0 Å². The number of halogens is 3. The van der Waals surface area contributed by atoms with Crippen molar-refractivity contribution in [2.45, 2.75) is 48.4 Å². The smallest absolute Gasteiger partial charge is 0.376 e. The van der Waals surface area contributed by atoms with Crippen LogP contribution in [0.3, 0.4) is 0 Å². The molecular formula is C22H25F3N4S. The Bertz CT molecular complexity index is 1010. The first-order valence-electron chi connectivity index (χ1n) is 10.1. The lowest BCUT2D eigenvalue weighted by atomic mass is 9.89. The molecule has 0 aliphatic heterocycles. The van der Waals surface area contributed by atoms with Gasteiger partial charge in [-0.1, -0.05) is 19.3 Å². The van der Waals surface area contributed by atoms with Crippen LogP contribution in [0, 0.1) is 0 Å². The van der Waals surface area contributed by atoms with E-state index in [0.29, 0.717) is 5.92 Å². The highest BCUT2D eigenvalue weighted by Gasteiger charge is 2.29. The molecule has 8 heteroatoms. The fraction of sp³-hybridized carbons (Fsp3) is 0.409. The number of hydrogen-bond acceptors (Lipinski definition) is 4. The SMILES string of the molecule is CN(C)c1cc2[nH]c(C3CCCCC3)nc2cc1Nc1ccc(SC(F)(F)F)cc1. The van der Waals surface area contributed by atoms with Gasteiger partial charge in [0.25, 0.3) is 0 Å². The fourth-order valence-corrected chi connectivity index (χ4v) is 4.54. The minimum Gasteiger partial charge on any atom is -0.376 e. The number of H-pyrrole nitrogens is 1.